The van der Waals surface area contributed by atoms with Crippen LogP contribution < -0.4 is 9.80 Å². The zero-order valence-electron chi connectivity index (χ0n) is 38.5. The van der Waals surface area contributed by atoms with Crippen molar-refractivity contribution in [3.05, 3.63) is 91.4 Å². The number of halogens is 4. The number of piperidine rings is 2. The van der Waals surface area contributed by atoms with E-state index >= 15 is 0 Å². The van der Waals surface area contributed by atoms with E-state index in [4.69, 9.17) is 71.2 Å². The highest BCUT2D eigenvalue weighted by molar-refractivity contribution is 6.35. The van der Waals surface area contributed by atoms with Crippen molar-refractivity contribution >= 4 is 92.1 Å². The number of anilines is 2. The smallest absolute Gasteiger partial charge is 0.305 e. The standard InChI is InChI=1S/C28H36Cl2N6O2.C20H21Cl2N5O/c1-17-14-22(35-12-5-6-21(35)8-10-26(37)38-4)11-13-34(17)25-16-31-27-18(2)33-36(28(27)32-25)19(3)23-9-7-20(29)15-24(23)30;1-11-8-15(28)6-7-26(11)18-10-23-19-12(2)25-27(20(19)24-18)13(3)16-5-4-14(21)9-17(16)22/h7,9,15-17,19,21-22H,5-6,8,10-14H2,1-4H3;4-5,9-11,13H,6-8H2,1-3H3/t17-,19+,21-,22?;11-,13+/m00/s1. The van der Waals surface area contributed by atoms with Crippen LogP contribution in [0.2, 0.25) is 20.1 Å². The molecular weight excluding hydrogens is 920 g/mol. The van der Waals surface area contributed by atoms with Gasteiger partial charge in [0.05, 0.1) is 43.0 Å². The Bertz CT molecular complexity index is 2750. The lowest BCUT2D eigenvalue weighted by Gasteiger charge is -2.43. The molecule has 0 saturated carbocycles. The molecule has 3 aliphatic heterocycles. The van der Waals surface area contributed by atoms with Crippen molar-refractivity contribution in [1.82, 2.24) is 44.4 Å². The van der Waals surface area contributed by atoms with Crippen LogP contribution >= 0.6 is 46.4 Å². The number of ether oxygens (including phenoxy) is 1. The quantitative estimate of drug-likeness (QED) is 0.121. The lowest BCUT2D eigenvalue weighted by Crippen LogP contribution is -2.50. The summed E-state index contributed by atoms with van der Waals surface area (Å²) in [4.78, 5) is 49.9. The first kappa shape index (κ1) is 47.9. The summed E-state index contributed by atoms with van der Waals surface area (Å²) >= 11 is 25.1. The first-order chi connectivity index (χ1) is 31.6. The van der Waals surface area contributed by atoms with Crippen LogP contribution in [0.3, 0.4) is 0 Å². The molecule has 14 nitrogen and oxygen atoms in total. The topological polar surface area (TPSA) is 140 Å². The number of methoxy groups -OCH3 is 1. The van der Waals surface area contributed by atoms with E-state index in [2.05, 4.69) is 38.6 Å². The number of ketones is 1. The number of rotatable bonds is 10. The molecule has 18 heteroatoms. The van der Waals surface area contributed by atoms with Gasteiger partial charge in [-0.3, -0.25) is 14.5 Å². The van der Waals surface area contributed by atoms with E-state index < -0.39 is 0 Å². The van der Waals surface area contributed by atoms with Crippen molar-refractivity contribution in [2.24, 2.45) is 0 Å². The molecule has 0 bridgehead atoms. The molecule has 4 aromatic heterocycles. The summed E-state index contributed by atoms with van der Waals surface area (Å²) < 4.78 is 8.64. The van der Waals surface area contributed by atoms with Crippen LogP contribution in [0.5, 0.6) is 0 Å². The number of fused-ring (bicyclic) bond motifs is 2. The van der Waals surface area contributed by atoms with Gasteiger partial charge in [0.1, 0.15) is 28.5 Å². The Morgan fingerprint density at radius 1 is 0.773 bits per heavy atom. The van der Waals surface area contributed by atoms with Crippen molar-refractivity contribution in [3.63, 3.8) is 0 Å². The molecule has 0 radical (unpaired) electrons. The van der Waals surface area contributed by atoms with Crippen LogP contribution in [-0.2, 0) is 14.3 Å². The second-order valence-electron chi connectivity index (χ2n) is 17.9. The Morgan fingerprint density at radius 2 is 1.32 bits per heavy atom. The number of likely N-dealkylation sites (tertiary alicyclic amines) is 1. The SMILES string of the molecule is COC(=O)CC[C@@H]1CCCN1C1CCN(c2cnc3c(C)nn([C@H](C)c4ccc(Cl)cc4Cl)c3n2)[C@@H](C)C1.Cc1nn([C@H](C)c2ccc(Cl)cc2Cl)c2nc(N3CCC(=O)C[C@@H]3C)cnc12. The zero-order valence-corrected chi connectivity index (χ0v) is 41.5. The van der Waals surface area contributed by atoms with Crippen molar-refractivity contribution in [1.29, 1.82) is 0 Å². The number of hydrogen-bond donors (Lipinski definition) is 0. The lowest BCUT2D eigenvalue weighted by atomic mass is 9.95. The summed E-state index contributed by atoms with van der Waals surface area (Å²) in [5, 5.41) is 11.9. The van der Waals surface area contributed by atoms with Gasteiger partial charge in [-0.2, -0.15) is 10.2 Å². The zero-order chi connectivity index (χ0) is 47.0. The van der Waals surface area contributed by atoms with Gasteiger partial charge in [0, 0.05) is 76.6 Å². The monoisotopic (exact) mass is 975 g/mol. The van der Waals surface area contributed by atoms with Crippen LogP contribution in [0.4, 0.5) is 11.6 Å². The summed E-state index contributed by atoms with van der Waals surface area (Å²) in [6, 6.07) is 12.2. The van der Waals surface area contributed by atoms with E-state index in [-0.39, 0.29) is 24.1 Å². The second-order valence-corrected chi connectivity index (χ2v) is 19.6. The van der Waals surface area contributed by atoms with Crippen molar-refractivity contribution in [3.8, 4) is 0 Å². The summed E-state index contributed by atoms with van der Waals surface area (Å²) in [5.41, 5.74) is 6.55. The molecule has 1 unspecified atom stereocenters. The van der Waals surface area contributed by atoms with Crippen LogP contribution in [0.1, 0.15) is 114 Å². The summed E-state index contributed by atoms with van der Waals surface area (Å²) in [6.07, 6.45) is 10.6. The molecule has 0 aliphatic carbocycles. The highest BCUT2D eigenvalue weighted by atomic mass is 35.5. The van der Waals surface area contributed by atoms with E-state index in [9.17, 15) is 9.59 Å². The van der Waals surface area contributed by atoms with Gasteiger partial charge in [0.2, 0.25) is 0 Å². The number of nitrogens with zero attached hydrogens (tertiary/aromatic N) is 11. The van der Waals surface area contributed by atoms with Gasteiger partial charge in [-0.15, -0.1) is 0 Å². The van der Waals surface area contributed by atoms with E-state index in [1.165, 1.54) is 13.5 Å². The maximum Gasteiger partial charge on any atom is 0.305 e. The molecule has 0 N–H and O–H groups in total. The fraction of sp³-hybridized carbons (Fsp3) is 0.500. The molecule has 0 spiro atoms. The predicted octanol–water partition coefficient (Wildman–Crippen LogP) is 10.4. The molecule has 2 aromatic carbocycles. The lowest BCUT2D eigenvalue weighted by molar-refractivity contribution is -0.141. The Morgan fingerprint density at radius 3 is 1.82 bits per heavy atom. The summed E-state index contributed by atoms with van der Waals surface area (Å²) in [7, 11) is 1.47. The summed E-state index contributed by atoms with van der Waals surface area (Å²) in [5.74, 6) is 1.83. The van der Waals surface area contributed by atoms with Crippen LogP contribution in [0, 0.1) is 13.8 Å². The van der Waals surface area contributed by atoms with Crippen molar-refractivity contribution in [2.75, 3.05) is 36.5 Å². The van der Waals surface area contributed by atoms with Gasteiger partial charge >= 0.3 is 5.97 Å². The Balaban J connectivity index is 0.000000188. The number of esters is 1. The number of Topliss-reactive ketones (excluding diaryl/α,β-unsaturated/α-hetero) is 1. The highest BCUT2D eigenvalue weighted by Crippen LogP contribution is 2.36. The molecule has 9 rings (SSSR count). The fourth-order valence-corrected chi connectivity index (χ4v) is 11.1. The van der Waals surface area contributed by atoms with Crippen molar-refractivity contribution < 1.29 is 14.3 Å². The molecule has 3 fully saturated rings. The molecule has 6 atom stereocenters. The van der Waals surface area contributed by atoms with E-state index in [0.717, 1.165) is 89.6 Å². The third kappa shape index (κ3) is 9.99. The second kappa shape index (κ2) is 20.3. The number of benzene rings is 2. The van der Waals surface area contributed by atoms with Gasteiger partial charge in [-0.25, -0.2) is 29.3 Å². The fourth-order valence-electron chi connectivity index (χ4n) is 10.0. The molecule has 6 aromatic rings. The van der Waals surface area contributed by atoms with Gasteiger partial charge in [-0.05, 0) is 116 Å². The first-order valence-corrected chi connectivity index (χ1v) is 24.3. The molecule has 350 valence electrons. The van der Waals surface area contributed by atoms with Crippen LogP contribution in [0.25, 0.3) is 22.3 Å². The molecular formula is C48H57Cl4N11O3. The average molecular weight is 978 g/mol. The van der Waals surface area contributed by atoms with Crippen molar-refractivity contribution in [2.45, 2.75) is 129 Å². The Kier molecular flexibility index (Phi) is 14.7. The van der Waals surface area contributed by atoms with Gasteiger partial charge < -0.3 is 14.5 Å². The normalized spacial score (nSPS) is 21.3. The van der Waals surface area contributed by atoms with E-state index in [1.807, 2.05) is 67.5 Å². The number of aryl methyl sites for hydroxylation is 2. The number of carbonyl (C=O) groups is 2. The van der Waals surface area contributed by atoms with Crippen LogP contribution in [-0.4, -0.2) is 107 Å². The number of hydrogen-bond acceptors (Lipinski definition) is 12. The minimum atomic E-state index is -0.133. The molecule has 66 heavy (non-hydrogen) atoms. The molecule has 3 saturated heterocycles. The van der Waals surface area contributed by atoms with Gasteiger partial charge in [0.15, 0.2) is 11.3 Å². The Labute approximate surface area is 405 Å². The maximum absolute atomic E-state index is 11.7. The van der Waals surface area contributed by atoms with E-state index in [1.54, 1.807) is 18.3 Å². The molecule has 7 heterocycles. The first-order valence-electron chi connectivity index (χ1n) is 22.8. The number of aromatic nitrogens is 8. The van der Waals surface area contributed by atoms with Gasteiger partial charge in [0.25, 0.3) is 0 Å². The third-order valence-electron chi connectivity index (χ3n) is 13.6. The largest absolute Gasteiger partial charge is 0.469 e. The summed E-state index contributed by atoms with van der Waals surface area (Å²) in [6.45, 7) is 15.0. The molecule has 3 aliphatic rings. The minimum Gasteiger partial charge on any atom is -0.469 e. The molecule has 0 amide bonds. The maximum atomic E-state index is 11.7. The minimum absolute atomic E-state index is 0.105. The van der Waals surface area contributed by atoms with Gasteiger partial charge in [-0.1, -0.05) is 58.5 Å². The highest BCUT2D eigenvalue weighted by Gasteiger charge is 2.36. The predicted molar refractivity (Wildman–Crippen MR) is 263 cm³/mol. The number of carbonyl (C=O) groups excluding carboxylic acids is 2. The van der Waals surface area contributed by atoms with Crippen LogP contribution in [0.15, 0.2) is 48.8 Å². The third-order valence-corrected chi connectivity index (χ3v) is 14.7. The Hall–Kier alpha value is -4.60. The van der Waals surface area contributed by atoms with E-state index in [0.29, 0.717) is 75.5 Å². The average Bonchev–Trinajstić information content (AvgIpc) is 4.00.